The van der Waals surface area contributed by atoms with Gasteiger partial charge in [0.05, 0.1) is 11.6 Å². The molecule has 0 bridgehead atoms. The number of carbonyl (C=O) groups is 1. The predicted octanol–water partition coefficient (Wildman–Crippen LogP) is 6.90. The summed E-state index contributed by atoms with van der Waals surface area (Å²) in [6, 6.07) is 21.4. The van der Waals surface area contributed by atoms with Crippen LogP contribution >= 0.6 is 23.2 Å². The van der Waals surface area contributed by atoms with Crippen molar-refractivity contribution in [2.24, 2.45) is 0 Å². The average molecular weight is 626 g/mol. The molecular weight excluding hydrogens is 587 g/mol. The van der Waals surface area contributed by atoms with Crippen LogP contribution in [0.3, 0.4) is 0 Å². The smallest absolute Gasteiger partial charge is 0.222 e. The summed E-state index contributed by atoms with van der Waals surface area (Å²) in [6.45, 7) is 9.82. The lowest BCUT2D eigenvalue weighted by Gasteiger charge is -2.36. The molecule has 3 aromatic carbocycles. The van der Waals surface area contributed by atoms with E-state index < -0.39 is 5.79 Å². The molecule has 0 aliphatic carbocycles. The maximum Gasteiger partial charge on any atom is 0.222 e. The van der Waals surface area contributed by atoms with Crippen molar-refractivity contribution < 1.29 is 23.7 Å². The van der Waals surface area contributed by atoms with Gasteiger partial charge in [-0.2, -0.15) is 0 Å². The van der Waals surface area contributed by atoms with Crippen molar-refractivity contribution in [1.29, 1.82) is 0 Å². The van der Waals surface area contributed by atoms with Crippen LogP contribution in [0.25, 0.3) is 0 Å². The predicted molar refractivity (Wildman–Crippen MR) is 170 cm³/mol. The van der Waals surface area contributed by atoms with E-state index in [0.29, 0.717) is 36.3 Å². The standard InChI is InChI=1S/C34H38Cl2N2O5/c1-3-21-40-28-12-7-25(8-13-28)5-4-6-33(39)38-19-17-37(18-20-38)27-10-14-29(15-11-27)41-23-30-24-42-34(2,43-30)31-16-9-26(35)22-32(31)36/h3,7-16,22,30H,1,4-6,17-21,23-24H2,2H3/t30-,34+/m1/s1. The number of hydrogen-bond acceptors (Lipinski definition) is 6. The van der Waals surface area contributed by atoms with Gasteiger partial charge < -0.3 is 28.7 Å². The Morgan fingerprint density at radius 2 is 1.70 bits per heavy atom. The minimum atomic E-state index is -0.948. The number of anilines is 1. The van der Waals surface area contributed by atoms with Crippen LogP contribution in [0.5, 0.6) is 11.5 Å². The van der Waals surface area contributed by atoms with Crippen LogP contribution in [0.15, 0.2) is 79.4 Å². The first-order chi connectivity index (χ1) is 20.8. The maximum absolute atomic E-state index is 12.8. The molecule has 228 valence electrons. The van der Waals surface area contributed by atoms with E-state index in [9.17, 15) is 4.79 Å². The van der Waals surface area contributed by atoms with Crippen LogP contribution < -0.4 is 14.4 Å². The number of benzene rings is 3. The Balaban J connectivity index is 1.01. The summed E-state index contributed by atoms with van der Waals surface area (Å²) < 4.78 is 23.7. The molecule has 2 saturated heterocycles. The molecule has 7 nitrogen and oxygen atoms in total. The molecule has 9 heteroatoms. The van der Waals surface area contributed by atoms with Crippen molar-refractivity contribution in [3.8, 4) is 11.5 Å². The SMILES string of the molecule is C=CCOc1ccc(CCCC(=O)N2CCN(c3ccc(OC[C@@H]4CO[C@](C)(c5ccc(Cl)cc5Cl)O4)cc3)CC2)cc1. The average Bonchev–Trinajstić information content (AvgIpc) is 3.41. The van der Waals surface area contributed by atoms with Crippen molar-refractivity contribution in [2.45, 2.75) is 38.1 Å². The number of amides is 1. The van der Waals surface area contributed by atoms with Gasteiger partial charge in [-0.15, -0.1) is 0 Å². The number of carbonyl (C=O) groups excluding carboxylic acids is 1. The number of hydrogen-bond donors (Lipinski definition) is 0. The van der Waals surface area contributed by atoms with Crippen LogP contribution in [0.4, 0.5) is 5.69 Å². The van der Waals surface area contributed by atoms with E-state index in [4.69, 9.17) is 42.1 Å². The van der Waals surface area contributed by atoms with Gasteiger partial charge in [-0.1, -0.05) is 54.1 Å². The van der Waals surface area contributed by atoms with Crippen molar-refractivity contribution >= 4 is 34.8 Å². The first kappa shape index (κ1) is 31.2. The van der Waals surface area contributed by atoms with Gasteiger partial charge in [-0.3, -0.25) is 4.79 Å². The Morgan fingerprint density at radius 3 is 2.40 bits per heavy atom. The molecule has 2 heterocycles. The van der Waals surface area contributed by atoms with Gasteiger partial charge in [0.15, 0.2) is 5.79 Å². The summed E-state index contributed by atoms with van der Waals surface area (Å²) in [5, 5.41) is 1.07. The molecule has 5 rings (SSSR count). The highest BCUT2D eigenvalue weighted by Gasteiger charge is 2.40. The third-order valence-electron chi connectivity index (χ3n) is 7.77. The number of aryl methyl sites for hydroxylation is 1. The number of nitrogens with zero attached hydrogens (tertiary/aromatic N) is 2. The maximum atomic E-state index is 12.8. The molecule has 2 aliphatic rings. The van der Waals surface area contributed by atoms with Crippen LogP contribution in [0.2, 0.25) is 10.0 Å². The summed E-state index contributed by atoms with van der Waals surface area (Å²) in [6.07, 6.45) is 3.76. The van der Waals surface area contributed by atoms with E-state index in [1.807, 2.05) is 42.2 Å². The second-order valence-electron chi connectivity index (χ2n) is 10.9. The first-order valence-electron chi connectivity index (χ1n) is 14.7. The highest BCUT2D eigenvalue weighted by atomic mass is 35.5. The Labute approximate surface area is 263 Å². The highest BCUT2D eigenvalue weighted by molar-refractivity contribution is 6.35. The number of ether oxygens (including phenoxy) is 4. The molecular formula is C34H38Cl2N2O5. The Morgan fingerprint density at radius 1 is 1.00 bits per heavy atom. The molecule has 0 saturated carbocycles. The van der Waals surface area contributed by atoms with Gasteiger partial charge in [0.1, 0.15) is 30.8 Å². The molecule has 0 radical (unpaired) electrons. The lowest BCUT2D eigenvalue weighted by atomic mass is 10.1. The second-order valence-corrected chi connectivity index (χ2v) is 11.7. The normalized spacial score (nSPS) is 20.2. The number of piperazine rings is 1. The summed E-state index contributed by atoms with van der Waals surface area (Å²) in [4.78, 5) is 17.1. The fourth-order valence-electron chi connectivity index (χ4n) is 5.38. The van der Waals surface area contributed by atoms with Crippen molar-refractivity contribution in [3.63, 3.8) is 0 Å². The van der Waals surface area contributed by atoms with Crippen LogP contribution in [0.1, 0.15) is 30.9 Å². The zero-order chi connectivity index (χ0) is 30.2. The molecule has 43 heavy (non-hydrogen) atoms. The fourth-order valence-corrected chi connectivity index (χ4v) is 5.97. The first-order valence-corrected chi connectivity index (χ1v) is 15.4. The minimum absolute atomic E-state index is 0.224. The third-order valence-corrected chi connectivity index (χ3v) is 8.32. The quantitative estimate of drug-likeness (QED) is 0.204. The summed E-state index contributed by atoms with van der Waals surface area (Å²) >= 11 is 12.4. The van der Waals surface area contributed by atoms with E-state index >= 15 is 0 Å². The van der Waals surface area contributed by atoms with Gasteiger partial charge in [0.25, 0.3) is 0 Å². The highest BCUT2D eigenvalue weighted by Crippen LogP contribution is 2.38. The monoisotopic (exact) mass is 624 g/mol. The Bertz CT molecular complexity index is 1380. The fraction of sp³-hybridized carbons (Fsp3) is 0.382. The van der Waals surface area contributed by atoms with Gasteiger partial charge >= 0.3 is 0 Å². The van der Waals surface area contributed by atoms with E-state index in [0.717, 1.165) is 61.8 Å². The van der Waals surface area contributed by atoms with Crippen LogP contribution in [-0.2, 0) is 26.5 Å². The van der Waals surface area contributed by atoms with Crippen LogP contribution in [-0.4, -0.2) is 62.9 Å². The molecule has 2 atom stereocenters. The van der Waals surface area contributed by atoms with Crippen LogP contribution in [0, 0.1) is 0 Å². The Kier molecular flexibility index (Phi) is 10.5. The molecule has 1 amide bonds. The van der Waals surface area contributed by atoms with E-state index in [1.54, 1.807) is 18.2 Å². The largest absolute Gasteiger partial charge is 0.491 e. The number of rotatable bonds is 12. The summed E-state index contributed by atoms with van der Waals surface area (Å²) in [7, 11) is 0. The van der Waals surface area contributed by atoms with E-state index in [2.05, 4.69) is 35.7 Å². The lowest BCUT2D eigenvalue weighted by Crippen LogP contribution is -2.48. The van der Waals surface area contributed by atoms with Gasteiger partial charge in [-0.25, -0.2) is 0 Å². The zero-order valence-electron chi connectivity index (χ0n) is 24.5. The zero-order valence-corrected chi connectivity index (χ0v) is 26.0. The third kappa shape index (κ3) is 8.24. The lowest BCUT2D eigenvalue weighted by molar-refractivity contribution is -0.164. The van der Waals surface area contributed by atoms with Gasteiger partial charge in [0.2, 0.25) is 5.91 Å². The Hall–Kier alpha value is -3.23. The second kappa shape index (κ2) is 14.5. The molecule has 0 N–H and O–H groups in total. The van der Waals surface area contributed by atoms with E-state index in [1.165, 1.54) is 5.56 Å². The molecule has 2 aliphatic heterocycles. The molecule has 0 aromatic heterocycles. The molecule has 2 fully saturated rings. The topological polar surface area (TPSA) is 60.5 Å². The molecule has 3 aromatic rings. The van der Waals surface area contributed by atoms with Gasteiger partial charge in [-0.05, 0) is 73.9 Å². The van der Waals surface area contributed by atoms with E-state index in [-0.39, 0.29) is 12.0 Å². The molecule has 0 unspecified atom stereocenters. The number of halogens is 2. The van der Waals surface area contributed by atoms with Crippen molar-refractivity contribution in [2.75, 3.05) is 50.9 Å². The minimum Gasteiger partial charge on any atom is -0.491 e. The summed E-state index contributed by atoms with van der Waals surface area (Å²) in [5.41, 5.74) is 3.07. The van der Waals surface area contributed by atoms with Gasteiger partial charge in [0, 0.05) is 48.9 Å². The summed E-state index contributed by atoms with van der Waals surface area (Å²) in [5.74, 6) is 0.870. The van der Waals surface area contributed by atoms with Crippen molar-refractivity contribution in [1.82, 2.24) is 4.90 Å². The van der Waals surface area contributed by atoms with Crippen molar-refractivity contribution in [3.05, 3.63) is 101 Å². The molecule has 0 spiro atoms.